The highest BCUT2D eigenvalue weighted by molar-refractivity contribution is 6.15. The molecule has 3 aliphatic rings. The summed E-state index contributed by atoms with van der Waals surface area (Å²) in [5.74, 6) is -1.36. The molecule has 3 aromatic rings. The molecule has 0 aliphatic carbocycles. The normalized spacial score (nSPS) is 24.8. The van der Waals surface area contributed by atoms with Crippen LogP contribution in [-0.4, -0.2) is 28.4 Å². The van der Waals surface area contributed by atoms with Gasteiger partial charge in [0.25, 0.3) is 0 Å². The molecule has 4 atom stereocenters. The van der Waals surface area contributed by atoms with Crippen LogP contribution in [0.25, 0.3) is 6.08 Å². The first-order valence-corrected chi connectivity index (χ1v) is 13.8. The lowest BCUT2D eigenvalue weighted by atomic mass is 9.62. The van der Waals surface area contributed by atoms with Gasteiger partial charge < -0.3 is 10.2 Å². The van der Waals surface area contributed by atoms with Crippen LogP contribution >= 0.6 is 0 Å². The molecule has 0 bridgehead atoms. The van der Waals surface area contributed by atoms with Gasteiger partial charge >= 0.3 is 0 Å². The van der Waals surface area contributed by atoms with E-state index < -0.39 is 28.8 Å². The minimum absolute atomic E-state index is 0.0495. The smallest absolute Gasteiger partial charge is 0.238 e. The van der Waals surface area contributed by atoms with Crippen LogP contribution in [0.3, 0.4) is 0 Å². The number of rotatable bonds is 5. The zero-order valence-electron chi connectivity index (χ0n) is 22.9. The van der Waals surface area contributed by atoms with Gasteiger partial charge in [-0.25, -0.2) is 0 Å². The van der Waals surface area contributed by atoms with Crippen molar-refractivity contribution in [3.8, 4) is 0 Å². The molecular formula is C34H34N2O3. The van der Waals surface area contributed by atoms with Crippen molar-refractivity contribution in [1.29, 1.82) is 0 Å². The van der Waals surface area contributed by atoms with Crippen molar-refractivity contribution in [3.05, 3.63) is 107 Å². The summed E-state index contributed by atoms with van der Waals surface area (Å²) in [7, 11) is 0. The van der Waals surface area contributed by atoms with E-state index in [1.807, 2.05) is 111 Å². The predicted octanol–water partition coefficient (Wildman–Crippen LogP) is 6.35. The molecule has 3 aliphatic heterocycles. The Morgan fingerprint density at radius 2 is 1.64 bits per heavy atom. The number of ketones is 2. The number of fused-ring (bicyclic) bond motifs is 6. The van der Waals surface area contributed by atoms with Crippen molar-refractivity contribution in [2.45, 2.75) is 58.0 Å². The van der Waals surface area contributed by atoms with Crippen molar-refractivity contribution >= 4 is 29.2 Å². The Hall–Kier alpha value is -3.99. The Kier molecular flexibility index (Phi) is 5.87. The molecule has 1 saturated heterocycles. The fourth-order valence-corrected chi connectivity index (χ4v) is 6.92. The van der Waals surface area contributed by atoms with Gasteiger partial charge in [0.1, 0.15) is 5.41 Å². The molecule has 1 fully saturated rings. The van der Waals surface area contributed by atoms with Gasteiger partial charge in [0.15, 0.2) is 11.6 Å². The van der Waals surface area contributed by atoms with Gasteiger partial charge in [-0.05, 0) is 40.8 Å². The van der Waals surface area contributed by atoms with Gasteiger partial charge in [0.2, 0.25) is 5.91 Å². The van der Waals surface area contributed by atoms with E-state index in [4.69, 9.17) is 0 Å². The highest BCUT2D eigenvalue weighted by atomic mass is 16.2. The van der Waals surface area contributed by atoms with Crippen LogP contribution in [0.4, 0.5) is 5.69 Å². The van der Waals surface area contributed by atoms with Gasteiger partial charge in [-0.15, -0.1) is 0 Å². The number of hydrogen-bond donors (Lipinski definition) is 1. The van der Waals surface area contributed by atoms with Gasteiger partial charge in [0, 0.05) is 22.9 Å². The Bertz CT molecular complexity index is 1510. The number of carbonyl (C=O) groups is 3. The zero-order valence-corrected chi connectivity index (χ0v) is 22.9. The lowest BCUT2D eigenvalue weighted by Gasteiger charge is -2.38. The van der Waals surface area contributed by atoms with Gasteiger partial charge in [-0.1, -0.05) is 101 Å². The molecule has 3 aromatic carbocycles. The minimum atomic E-state index is -1.28. The number of para-hydroxylation sites is 1. The number of nitrogens with zero attached hydrogens (tertiary/aromatic N) is 1. The molecule has 1 spiro atoms. The summed E-state index contributed by atoms with van der Waals surface area (Å²) < 4.78 is 0. The topological polar surface area (TPSA) is 66.5 Å². The molecule has 5 heteroatoms. The molecule has 4 unspecified atom stereocenters. The Morgan fingerprint density at radius 1 is 0.949 bits per heavy atom. The summed E-state index contributed by atoms with van der Waals surface area (Å²) in [5.41, 5.74) is 3.12. The van der Waals surface area contributed by atoms with E-state index in [0.29, 0.717) is 11.3 Å². The third-order valence-electron chi connectivity index (χ3n) is 8.64. The molecule has 0 saturated carbocycles. The maximum absolute atomic E-state index is 14.7. The number of nitrogens with one attached hydrogen (secondary N) is 1. The molecule has 1 amide bonds. The third kappa shape index (κ3) is 3.63. The Labute approximate surface area is 229 Å². The van der Waals surface area contributed by atoms with Crippen molar-refractivity contribution in [2.24, 2.45) is 11.3 Å². The second kappa shape index (κ2) is 9.04. The Balaban J connectivity index is 1.64. The highest BCUT2D eigenvalue weighted by Gasteiger charge is 2.71. The van der Waals surface area contributed by atoms with Crippen LogP contribution in [0.1, 0.15) is 72.8 Å². The molecule has 198 valence electrons. The fourth-order valence-electron chi connectivity index (χ4n) is 6.92. The SMILES string of the molecule is CCCc1ccc(C(=O)C2C(C(=O)C(C)(C)C)N3C=Cc4ccccc4C3C23C(=O)Nc2ccccc23)cc1. The number of anilines is 1. The summed E-state index contributed by atoms with van der Waals surface area (Å²) in [6, 6.07) is 22.0. The largest absolute Gasteiger partial charge is 0.358 e. The maximum Gasteiger partial charge on any atom is 0.238 e. The van der Waals surface area contributed by atoms with E-state index in [0.717, 1.165) is 35.1 Å². The van der Waals surface area contributed by atoms with Crippen molar-refractivity contribution in [2.75, 3.05) is 5.32 Å². The van der Waals surface area contributed by atoms with Crippen LogP contribution in [-0.2, 0) is 21.4 Å². The quantitative estimate of drug-likeness (QED) is 0.400. The first-order valence-electron chi connectivity index (χ1n) is 13.8. The van der Waals surface area contributed by atoms with Crippen LogP contribution in [0.5, 0.6) is 0 Å². The van der Waals surface area contributed by atoms with E-state index in [-0.39, 0.29) is 17.5 Å². The van der Waals surface area contributed by atoms with E-state index in [9.17, 15) is 14.4 Å². The molecule has 0 radical (unpaired) electrons. The summed E-state index contributed by atoms with van der Waals surface area (Å²) >= 11 is 0. The fraction of sp³-hybridized carbons (Fsp3) is 0.324. The molecule has 0 aromatic heterocycles. The van der Waals surface area contributed by atoms with E-state index >= 15 is 0 Å². The highest BCUT2D eigenvalue weighted by Crippen LogP contribution is 2.62. The molecule has 3 heterocycles. The number of Topliss-reactive ketones (excluding diaryl/α,β-unsaturated/α-hetero) is 2. The van der Waals surface area contributed by atoms with Crippen molar-refractivity contribution in [3.63, 3.8) is 0 Å². The summed E-state index contributed by atoms with van der Waals surface area (Å²) in [5, 5.41) is 3.10. The van der Waals surface area contributed by atoms with Crippen LogP contribution in [0.15, 0.2) is 79.0 Å². The standard InChI is InChI=1S/C34H34N2O3/c1-5-10-21-15-17-23(18-16-21)29(37)27-28(31(38)33(2,3)4)36-20-19-22-11-6-7-12-24(22)30(36)34(27)25-13-8-9-14-26(25)35-32(34)39/h6-9,11-20,27-28,30H,5,10H2,1-4H3,(H,35,39). The molecule has 1 N–H and O–H groups in total. The second-order valence-electron chi connectivity index (χ2n) is 12.0. The zero-order chi connectivity index (χ0) is 27.5. The van der Waals surface area contributed by atoms with Gasteiger partial charge in [-0.3, -0.25) is 14.4 Å². The van der Waals surface area contributed by atoms with Gasteiger partial charge in [-0.2, -0.15) is 0 Å². The molecule has 6 rings (SSSR count). The summed E-state index contributed by atoms with van der Waals surface area (Å²) in [4.78, 5) is 45.5. The minimum Gasteiger partial charge on any atom is -0.358 e. The monoisotopic (exact) mass is 518 g/mol. The lowest BCUT2D eigenvalue weighted by molar-refractivity contribution is -0.131. The van der Waals surface area contributed by atoms with Crippen LogP contribution in [0.2, 0.25) is 0 Å². The molecule has 39 heavy (non-hydrogen) atoms. The average Bonchev–Trinajstić information content (AvgIpc) is 3.40. The summed E-state index contributed by atoms with van der Waals surface area (Å²) in [6.45, 7) is 7.80. The Morgan fingerprint density at radius 3 is 2.36 bits per heavy atom. The van der Waals surface area contributed by atoms with Gasteiger partial charge in [0.05, 0.1) is 18.0 Å². The van der Waals surface area contributed by atoms with Crippen LogP contribution in [0, 0.1) is 11.3 Å². The third-order valence-corrected chi connectivity index (χ3v) is 8.64. The van der Waals surface area contributed by atoms with E-state index in [2.05, 4.69) is 12.2 Å². The predicted molar refractivity (Wildman–Crippen MR) is 153 cm³/mol. The average molecular weight is 519 g/mol. The van der Waals surface area contributed by atoms with E-state index in [1.54, 1.807) is 0 Å². The number of carbonyl (C=O) groups excluding carboxylic acids is 3. The van der Waals surface area contributed by atoms with Crippen molar-refractivity contribution in [1.82, 2.24) is 4.90 Å². The number of aryl methyl sites for hydroxylation is 1. The maximum atomic E-state index is 14.7. The lowest BCUT2D eigenvalue weighted by Crippen LogP contribution is -2.50. The number of hydrogen-bond acceptors (Lipinski definition) is 4. The van der Waals surface area contributed by atoms with E-state index in [1.165, 1.54) is 0 Å². The van der Waals surface area contributed by atoms with Crippen molar-refractivity contribution < 1.29 is 14.4 Å². The second-order valence-corrected chi connectivity index (χ2v) is 12.0. The molecular weight excluding hydrogens is 484 g/mol. The number of benzene rings is 3. The molecule has 5 nitrogen and oxygen atoms in total. The number of amides is 1. The van der Waals surface area contributed by atoms with Crippen LogP contribution < -0.4 is 5.32 Å². The summed E-state index contributed by atoms with van der Waals surface area (Å²) in [6.07, 6.45) is 5.86. The first-order chi connectivity index (χ1) is 18.7. The first kappa shape index (κ1) is 25.3.